The molecule has 77 valence electrons. The molecule has 0 aromatic heterocycles. The van der Waals surface area contributed by atoms with Crippen LogP contribution < -0.4 is 0 Å². The minimum Gasteiger partial charge on any atom is -0.0654 e. The first-order chi connectivity index (χ1) is 6.43. The van der Waals surface area contributed by atoms with Crippen LogP contribution in [0.5, 0.6) is 0 Å². The third kappa shape index (κ3) is 5.33. The maximum atomic E-state index is 2.29. The van der Waals surface area contributed by atoms with Crippen molar-refractivity contribution in [1.29, 1.82) is 0 Å². The van der Waals surface area contributed by atoms with Gasteiger partial charge in [-0.2, -0.15) is 0 Å². The second kappa shape index (κ2) is 7.41. The van der Waals surface area contributed by atoms with Gasteiger partial charge in [0, 0.05) is 0 Å². The summed E-state index contributed by atoms with van der Waals surface area (Å²) in [4.78, 5) is 0. The predicted octanol–water partition coefficient (Wildman–Crippen LogP) is 4.89. The van der Waals surface area contributed by atoms with Crippen molar-refractivity contribution < 1.29 is 0 Å². The van der Waals surface area contributed by atoms with E-state index in [4.69, 9.17) is 0 Å². The van der Waals surface area contributed by atoms with Crippen LogP contribution in [0.1, 0.15) is 77.6 Å². The molecule has 0 heterocycles. The molecular formula is C13H25. The van der Waals surface area contributed by atoms with Crippen LogP contribution in [0.25, 0.3) is 0 Å². The van der Waals surface area contributed by atoms with Gasteiger partial charge in [-0.3, -0.25) is 0 Å². The summed E-state index contributed by atoms with van der Waals surface area (Å²) in [5.74, 6) is 1.88. The summed E-state index contributed by atoms with van der Waals surface area (Å²) in [5, 5.41) is 0. The largest absolute Gasteiger partial charge is 0.0654 e. The fourth-order valence-corrected chi connectivity index (χ4v) is 2.28. The molecule has 0 atom stereocenters. The highest BCUT2D eigenvalue weighted by atomic mass is 14.2. The van der Waals surface area contributed by atoms with Gasteiger partial charge in [-0.1, -0.05) is 58.3 Å². The lowest BCUT2D eigenvalue weighted by Gasteiger charge is -2.12. The Morgan fingerprint density at radius 2 is 1.54 bits per heavy atom. The lowest BCUT2D eigenvalue weighted by atomic mass is 9.94. The maximum absolute atomic E-state index is 2.29. The van der Waals surface area contributed by atoms with Gasteiger partial charge in [0.05, 0.1) is 0 Å². The van der Waals surface area contributed by atoms with E-state index in [0.717, 1.165) is 0 Å². The van der Waals surface area contributed by atoms with Crippen molar-refractivity contribution in [3.63, 3.8) is 0 Å². The first-order valence-corrected chi connectivity index (χ1v) is 6.27. The summed E-state index contributed by atoms with van der Waals surface area (Å²) in [7, 11) is 0. The predicted molar refractivity (Wildman–Crippen MR) is 59.7 cm³/mol. The van der Waals surface area contributed by atoms with Crippen LogP contribution in [0.2, 0.25) is 0 Å². The minimum atomic E-state index is 1.37. The third-order valence-electron chi connectivity index (χ3n) is 3.19. The van der Waals surface area contributed by atoms with E-state index in [0.29, 0.717) is 0 Å². The average molecular weight is 181 g/mol. The zero-order valence-electron chi connectivity index (χ0n) is 9.28. The summed E-state index contributed by atoms with van der Waals surface area (Å²) in [6.07, 6.45) is 16.0. The molecule has 0 heteroatoms. The van der Waals surface area contributed by atoms with Crippen molar-refractivity contribution >= 4 is 0 Å². The van der Waals surface area contributed by atoms with Gasteiger partial charge in [0.15, 0.2) is 0 Å². The number of hydrogen-bond donors (Lipinski definition) is 0. The fraction of sp³-hybridized carbons (Fsp3) is 0.923. The van der Waals surface area contributed by atoms with Crippen LogP contribution in [0, 0.1) is 5.92 Å². The Morgan fingerprint density at radius 3 is 2.15 bits per heavy atom. The minimum absolute atomic E-state index is 1.37. The molecule has 1 aliphatic rings. The highest BCUT2D eigenvalue weighted by Gasteiger charge is 2.11. The lowest BCUT2D eigenvalue weighted by molar-refractivity contribution is 0.587. The van der Waals surface area contributed by atoms with Crippen LogP contribution in [0.4, 0.5) is 0 Å². The number of hydrogen-bond acceptors (Lipinski definition) is 0. The molecule has 13 heavy (non-hydrogen) atoms. The van der Waals surface area contributed by atoms with Crippen LogP contribution in [-0.4, -0.2) is 0 Å². The SMILES string of the molecule is CCCCCC[C]1CCCCCC1. The van der Waals surface area contributed by atoms with E-state index in [1.807, 2.05) is 5.92 Å². The van der Waals surface area contributed by atoms with E-state index in [1.165, 1.54) is 70.6 Å². The molecule has 0 bridgehead atoms. The van der Waals surface area contributed by atoms with Crippen molar-refractivity contribution in [2.24, 2.45) is 0 Å². The molecule has 0 amide bonds. The van der Waals surface area contributed by atoms with Crippen molar-refractivity contribution in [3.8, 4) is 0 Å². The molecule has 0 aromatic carbocycles. The second-order valence-corrected chi connectivity index (χ2v) is 4.47. The topological polar surface area (TPSA) is 0 Å². The number of rotatable bonds is 5. The molecule has 0 spiro atoms. The molecular weight excluding hydrogens is 156 g/mol. The van der Waals surface area contributed by atoms with Crippen molar-refractivity contribution in [3.05, 3.63) is 5.92 Å². The van der Waals surface area contributed by atoms with Crippen molar-refractivity contribution in [2.75, 3.05) is 0 Å². The fourth-order valence-electron chi connectivity index (χ4n) is 2.28. The molecule has 0 N–H and O–H groups in total. The Balaban J connectivity index is 1.98. The smallest absolute Gasteiger partial charge is 0.0241 e. The Morgan fingerprint density at radius 1 is 0.846 bits per heavy atom. The van der Waals surface area contributed by atoms with Gasteiger partial charge in [0.25, 0.3) is 0 Å². The van der Waals surface area contributed by atoms with E-state index in [1.54, 1.807) is 0 Å². The highest BCUT2D eigenvalue weighted by Crippen LogP contribution is 2.28. The lowest BCUT2D eigenvalue weighted by Crippen LogP contribution is -1.95. The normalized spacial score (nSPS) is 20.1. The van der Waals surface area contributed by atoms with Crippen LogP contribution in [0.15, 0.2) is 0 Å². The van der Waals surface area contributed by atoms with E-state index < -0.39 is 0 Å². The Labute approximate surface area is 84.1 Å². The maximum Gasteiger partial charge on any atom is -0.0241 e. The van der Waals surface area contributed by atoms with Gasteiger partial charge in [-0.05, 0) is 25.2 Å². The summed E-state index contributed by atoms with van der Waals surface area (Å²) in [5.41, 5.74) is 0. The summed E-state index contributed by atoms with van der Waals surface area (Å²) in [6.45, 7) is 2.29. The van der Waals surface area contributed by atoms with Crippen LogP contribution in [-0.2, 0) is 0 Å². The van der Waals surface area contributed by atoms with Gasteiger partial charge in [0.2, 0.25) is 0 Å². The van der Waals surface area contributed by atoms with E-state index in [2.05, 4.69) is 6.92 Å². The Hall–Kier alpha value is 0. The van der Waals surface area contributed by atoms with Gasteiger partial charge in [-0.15, -0.1) is 0 Å². The zero-order chi connectivity index (χ0) is 9.36. The van der Waals surface area contributed by atoms with Gasteiger partial charge in [0.1, 0.15) is 0 Å². The molecule has 0 unspecified atom stereocenters. The molecule has 1 rings (SSSR count). The average Bonchev–Trinajstić information content (AvgIpc) is 2.41. The Kier molecular flexibility index (Phi) is 6.31. The molecule has 1 aliphatic carbocycles. The first-order valence-electron chi connectivity index (χ1n) is 6.27. The van der Waals surface area contributed by atoms with Gasteiger partial charge >= 0.3 is 0 Å². The Bertz CT molecular complexity index is 98.6. The van der Waals surface area contributed by atoms with Crippen molar-refractivity contribution in [1.82, 2.24) is 0 Å². The summed E-state index contributed by atoms with van der Waals surface area (Å²) < 4.78 is 0. The second-order valence-electron chi connectivity index (χ2n) is 4.47. The number of unbranched alkanes of at least 4 members (excludes halogenated alkanes) is 3. The van der Waals surface area contributed by atoms with E-state index in [-0.39, 0.29) is 0 Å². The molecule has 1 fully saturated rings. The third-order valence-corrected chi connectivity index (χ3v) is 3.19. The highest BCUT2D eigenvalue weighted by molar-refractivity contribution is 4.90. The molecule has 1 radical (unpaired) electrons. The van der Waals surface area contributed by atoms with Gasteiger partial charge < -0.3 is 0 Å². The van der Waals surface area contributed by atoms with Crippen molar-refractivity contribution in [2.45, 2.75) is 77.6 Å². The quantitative estimate of drug-likeness (QED) is 0.418. The molecule has 0 aliphatic heterocycles. The molecule has 0 saturated heterocycles. The van der Waals surface area contributed by atoms with E-state index >= 15 is 0 Å². The van der Waals surface area contributed by atoms with Crippen LogP contribution in [0.3, 0.4) is 0 Å². The standard InChI is InChI=1S/C13H25/c1-2-3-4-7-10-13-11-8-5-6-9-12-13/h2-12H2,1H3. The molecule has 0 nitrogen and oxygen atoms in total. The molecule has 0 aromatic rings. The summed E-state index contributed by atoms with van der Waals surface area (Å²) in [6, 6.07) is 0. The van der Waals surface area contributed by atoms with Gasteiger partial charge in [-0.25, -0.2) is 0 Å². The summed E-state index contributed by atoms with van der Waals surface area (Å²) >= 11 is 0. The van der Waals surface area contributed by atoms with Crippen LogP contribution >= 0.6 is 0 Å². The molecule has 1 saturated carbocycles. The first kappa shape index (κ1) is 11.1. The van der Waals surface area contributed by atoms with E-state index in [9.17, 15) is 0 Å². The monoisotopic (exact) mass is 181 g/mol. The zero-order valence-corrected chi connectivity index (χ0v) is 9.28.